The second-order valence-electron chi connectivity index (χ2n) is 8.04. The van der Waals surface area contributed by atoms with Gasteiger partial charge >= 0.3 is 0 Å². The van der Waals surface area contributed by atoms with Gasteiger partial charge < -0.3 is 9.32 Å². The fourth-order valence-corrected chi connectivity index (χ4v) is 4.22. The Morgan fingerprint density at radius 2 is 1.91 bits per heavy atom. The number of amides is 1. The standard InChI is InChI=1S/C25H23N5O2/c1-17-13-18(2)23-20(14-17)15-21(24-26-27-28-30(23)24)16-29(25(31)22-9-6-12-32-22)11-10-19-7-4-3-5-8-19/h3-9,12-15H,10-11,16H2,1-2H3. The quantitative estimate of drug-likeness (QED) is 0.404. The van der Waals surface area contributed by atoms with Gasteiger partial charge in [-0.2, -0.15) is 4.52 Å². The van der Waals surface area contributed by atoms with Crippen LogP contribution in [-0.2, 0) is 13.0 Å². The molecule has 0 saturated heterocycles. The van der Waals surface area contributed by atoms with Gasteiger partial charge in [0.05, 0.1) is 11.8 Å². The maximum atomic E-state index is 13.3. The number of carbonyl (C=O) groups excluding carboxylic acids is 1. The molecule has 3 aromatic heterocycles. The monoisotopic (exact) mass is 425 g/mol. The van der Waals surface area contributed by atoms with Crippen LogP contribution in [0.5, 0.6) is 0 Å². The van der Waals surface area contributed by atoms with Gasteiger partial charge in [0.15, 0.2) is 11.4 Å². The first-order chi connectivity index (χ1) is 15.6. The lowest BCUT2D eigenvalue weighted by atomic mass is 10.0. The van der Waals surface area contributed by atoms with Gasteiger partial charge in [-0.3, -0.25) is 4.79 Å². The minimum atomic E-state index is -0.155. The lowest BCUT2D eigenvalue weighted by Crippen LogP contribution is -2.32. The van der Waals surface area contributed by atoms with Gasteiger partial charge in [-0.15, -0.1) is 5.10 Å². The van der Waals surface area contributed by atoms with Crippen molar-refractivity contribution in [2.24, 2.45) is 0 Å². The minimum absolute atomic E-state index is 0.155. The molecular weight excluding hydrogens is 402 g/mol. The number of carbonyl (C=O) groups is 1. The van der Waals surface area contributed by atoms with E-state index < -0.39 is 0 Å². The van der Waals surface area contributed by atoms with E-state index in [4.69, 9.17) is 4.42 Å². The highest BCUT2D eigenvalue weighted by Gasteiger charge is 2.21. The van der Waals surface area contributed by atoms with Crippen LogP contribution >= 0.6 is 0 Å². The first kappa shape index (κ1) is 19.9. The van der Waals surface area contributed by atoms with Crippen LogP contribution in [-0.4, -0.2) is 37.4 Å². The van der Waals surface area contributed by atoms with Crippen LogP contribution in [0.2, 0.25) is 0 Å². The molecule has 3 heterocycles. The van der Waals surface area contributed by atoms with Crippen LogP contribution in [0.25, 0.3) is 16.6 Å². The van der Waals surface area contributed by atoms with E-state index >= 15 is 0 Å². The van der Waals surface area contributed by atoms with Gasteiger partial charge in [0.1, 0.15) is 0 Å². The van der Waals surface area contributed by atoms with Crippen molar-refractivity contribution in [1.29, 1.82) is 0 Å². The molecule has 1 amide bonds. The lowest BCUT2D eigenvalue weighted by molar-refractivity contribution is 0.0713. The number of nitrogens with zero attached hydrogens (tertiary/aromatic N) is 5. The van der Waals surface area contributed by atoms with E-state index in [0.717, 1.165) is 28.5 Å². The van der Waals surface area contributed by atoms with Gasteiger partial charge in [-0.25, -0.2) is 0 Å². The molecule has 0 radical (unpaired) electrons. The smallest absolute Gasteiger partial charge is 0.289 e. The number of fused-ring (bicyclic) bond motifs is 3. The number of hydrogen-bond acceptors (Lipinski definition) is 5. The van der Waals surface area contributed by atoms with E-state index in [0.29, 0.717) is 24.5 Å². The molecule has 0 aliphatic heterocycles. The maximum absolute atomic E-state index is 13.3. The number of hydrogen-bond donors (Lipinski definition) is 0. The summed E-state index contributed by atoms with van der Waals surface area (Å²) >= 11 is 0. The normalized spacial score (nSPS) is 11.3. The van der Waals surface area contributed by atoms with Crippen LogP contribution in [0.15, 0.2) is 71.3 Å². The second kappa shape index (κ2) is 8.26. The average molecular weight is 425 g/mol. The predicted molar refractivity (Wildman–Crippen MR) is 121 cm³/mol. The van der Waals surface area contributed by atoms with Gasteiger partial charge in [0.25, 0.3) is 5.91 Å². The van der Waals surface area contributed by atoms with E-state index in [-0.39, 0.29) is 5.91 Å². The molecule has 0 aliphatic carbocycles. The largest absolute Gasteiger partial charge is 0.459 e. The Balaban J connectivity index is 1.54. The van der Waals surface area contributed by atoms with E-state index in [1.807, 2.05) is 18.2 Å². The summed E-state index contributed by atoms with van der Waals surface area (Å²) in [6, 6.07) is 19.9. The highest BCUT2D eigenvalue weighted by atomic mass is 16.3. The Morgan fingerprint density at radius 1 is 1.06 bits per heavy atom. The Labute approximate surface area is 185 Å². The summed E-state index contributed by atoms with van der Waals surface area (Å²) in [5, 5.41) is 13.5. The van der Waals surface area contributed by atoms with Gasteiger partial charge in [-0.1, -0.05) is 42.0 Å². The summed E-state index contributed by atoms with van der Waals surface area (Å²) in [4.78, 5) is 15.0. The molecule has 0 fully saturated rings. The molecule has 0 N–H and O–H groups in total. The first-order valence-electron chi connectivity index (χ1n) is 10.6. The number of benzene rings is 2. The first-order valence-corrected chi connectivity index (χ1v) is 10.6. The molecule has 0 bridgehead atoms. The van der Waals surface area contributed by atoms with Crippen molar-refractivity contribution < 1.29 is 9.21 Å². The van der Waals surface area contributed by atoms with Crippen molar-refractivity contribution in [1.82, 2.24) is 24.9 Å². The third-order valence-electron chi connectivity index (χ3n) is 5.67. The van der Waals surface area contributed by atoms with Crippen LogP contribution < -0.4 is 0 Å². The van der Waals surface area contributed by atoms with E-state index in [1.54, 1.807) is 21.5 Å². The number of aromatic nitrogens is 4. The number of pyridine rings is 1. The summed E-state index contributed by atoms with van der Waals surface area (Å²) in [6.45, 7) is 5.05. The zero-order chi connectivity index (χ0) is 22.1. The number of aryl methyl sites for hydroxylation is 2. The van der Waals surface area contributed by atoms with Crippen molar-refractivity contribution in [2.75, 3.05) is 6.54 Å². The molecular formula is C25H23N5O2. The summed E-state index contributed by atoms with van der Waals surface area (Å²) in [5.41, 5.74) is 5.97. The van der Waals surface area contributed by atoms with E-state index in [2.05, 4.69) is 59.7 Å². The summed E-state index contributed by atoms with van der Waals surface area (Å²) in [7, 11) is 0. The molecule has 7 nitrogen and oxygen atoms in total. The summed E-state index contributed by atoms with van der Waals surface area (Å²) in [5.74, 6) is 0.165. The second-order valence-corrected chi connectivity index (χ2v) is 8.04. The Hall–Kier alpha value is -4.00. The Morgan fingerprint density at radius 3 is 2.69 bits per heavy atom. The summed E-state index contributed by atoms with van der Waals surface area (Å²) < 4.78 is 7.17. The Kier molecular flexibility index (Phi) is 5.15. The van der Waals surface area contributed by atoms with Crippen molar-refractivity contribution in [3.8, 4) is 0 Å². The molecule has 5 aromatic rings. The van der Waals surface area contributed by atoms with Gasteiger partial charge in [0.2, 0.25) is 0 Å². The van der Waals surface area contributed by atoms with E-state index in [9.17, 15) is 4.79 Å². The molecule has 0 spiro atoms. The molecule has 32 heavy (non-hydrogen) atoms. The van der Waals surface area contributed by atoms with E-state index in [1.165, 1.54) is 17.4 Å². The topological polar surface area (TPSA) is 76.5 Å². The molecule has 0 atom stereocenters. The van der Waals surface area contributed by atoms with Crippen LogP contribution in [0.3, 0.4) is 0 Å². The molecule has 0 aliphatic rings. The predicted octanol–water partition coefficient (Wildman–Crippen LogP) is 4.37. The van der Waals surface area contributed by atoms with Gasteiger partial charge in [-0.05, 0) is 66.1 Å². The van der Waals surface area contributed by atoms with Crippen molar-refractivity contribution >= 4 is 22.5 Å². The number of tetrazole rings is 1. The van der Waals surface area contributed by atoms with Crippen LogP contribution in [0.1, 0.15) is 32.8 Å². The van der Waals surface area contributed by atoms with Crippen molar-refractivity contribution in [2.45, 2.75) is 26.8 Å². The highest BCUT2D eigenvalue weighted by molar-refractivity contribution is 5.92. The molecule has 0 unspecified atom stereocenters. The molecule has 160 valence electrons. The zero-order valence-corrected chi connectivity index (χ0v) is 18.0. The lowest BCUT2D eigenvalue weighted by Gasteiger charge is -2.22. The molecule has 5 rings (SSSR count). The van der Waals surface area contributed by atoms with Crippen LogP contribution in [0.4, 0.5) is 0 Å². The third-order valence-corrected chi connectivity index (χ3v) is 5.67. The average Bonchev–Trinajstić information content (AvgIpc) is 3.48. The fraction of sp³-hybridized carbons (Fsp3) is 0.200. The third kappa shape index (κ3) is 3.73. The Bertz CT molecular complexity index is 1390. The number of furan rings is 1. The number of rotatable bonds is 6. The SMILES string of the molecule is Cc1cc(C)c2c(c1)cc(CN(CCc1ccccc1)C(=O)c1ccco1)c1nnnn12. The van der Waals surface area contributed by atoms with Crippen molar-refractivity contribution in [3.63, 3.8) is 0 Å². The summed E-state index contributed by atoms with van der Waals surface area (Å²) in [6.07, 6.45) is 2.26. The fourth-order valence-electron chi connectivity index (χ4n) is 4.22. The highest BCUT2D eigenvalue weighted by Crippen LogP contribution is 2.25. The van der Waals surface area contributed by atoms with Crippen molar-refractivity contribution in [3.05, 3.63) is 94.9 Å². The van der Waals surface area contributed by atoms with Crippen LogP contribution in [0, 0.1) is 13.8 Å². The maximum Gasteiger partial charge on any atom is 0.289 e. The molecule has 0 saturated carbocycles. The van der Waals surface area contributed by atoms with Gasteiger partial charge in [0, 0.05) is 24.0 Å². The molecule has 7 heteroatoms. The molecule has 2 aromatic carbocycles. The minimum Gasteiger partial charge on any atom is -0.459 e. The zero-order valence-electron chi connectivity index (χ0n) is 18.0.